The molecule has 4 aliphatic carbocycles. The number of rotatable bonds is 4. The van der Waals surface area contributed by atoms with E-state index in [4.69, 9.17) is 0 Å². The number of aliphatic hydroxyl groups is 2. The summed E-state index contributed by atoms with van der Waals surface area (Å²) < 4.78 is 17.0. The number of carbonyl (C=O) groups excluding carboxylic acids is 2. The molecule has 4 nitrogen and oxygen atoms in total. The maximum atomic E-state index is 17.0. The zero-order valence-corrected chi connectivity index (χ0v) is 19.1. The van der Waals surface area contributed by atoms with Crippen LogP contribution in [0.5, 0.6) is 0 Å². The van der Waals surface area contributed by atoms with Gasteiger partial charge in [-0.15, -0.1) is 0 Å². The van der Waals surface area contributed by atoms with Gasteiger partial charge >= 0.3 is 0 Å². The number of halogens is 1. The molecule has 8 atom stereocenters. The molecule has 0 saturated heterocycles. The van der Waals surface area contributed by atoms with Gasteiger partial charge in [-0.1, -0.05) is 32.4 Å². The van der Waals surface area contributed by atoms with E-state index in [-0.39, 0.29) is 35.6 Å². The molecule has 0 radical (unpaired) electrons. The van der Waals surface area contributed by atoms with Gasteiger partial charge < -0.3 is 10.2 Å². The molecule has 2 N–H and O–H groups in total. The quantitative estimate of drug-likeness (QED) is 0.704. The Morgan fingerprint density at radius 2 is 2.03 bits per heavy atom. The van der Waals surface area contributed by atoms with Crippen molar-refractivity contribution in [2.75, 3.05) is 11.5 Å². The summed E-state index contributed by atoms with van der Waals surface area (Å²) in [6.07, 6.45) is 4.96. The van der Waals surface area contributed by atoms with Crippen molar-refractivity contribution in [3.63, 3.8) is 0 Å². The van der Waals surface area contributed by atoms with Crippen LogP contribution in [0.25, 0.3) is 0 Å². The molecular formula is C24H33FO4S. The molecule has 30 heavy (non-hydrogen) atoms. The van der Waals surface area contributed by atoms with E-state index < -0.39 is 34.1 Å². The molecule has 166 valence electrons. The van der Waals surface area contributed by atoms with E-state index in [9.17, 15) is 19.8 Å². The number of fused-ring (bicyclic) bond motifs is 5. The monoisotopic (exact) mass is 436 g/mol. The molecule has 4 aliphatic rings. The van der Waals surface area contributed by atoms with Gasteiger partial charge in [0.05, 0.1) is 11.9 Å². The van der Waals surface area contributed by atoms with Crippen molar-refractivity contribution in [1.82, 2.24) is 0 Å². The topological polar surface area (TPSA) is 74.6 Å². The van der Waals surface area contributed by atoms with E-state index in [1.54, 1.807) is 13.0 Å². The van der Waals surface area contributed by atoms with Crippen LogP contribution in [-0.2, 0) is 9.59 Å². The third-order valence-corrected chi connectivity index (χ3v) is 9.96. The minimum absolute atomic E-state index is 0.0404. The van der Waals surface area contributed by atoms with Gasteiger partial charge in [0.1, 0.15) is 5.60 Å². The number of allylic oxidation sites excluding steroid dienone is 4. The molecule has 2 unspecified atom stereocenters. The first-order valence-electron chi connectivity index (χ1n) is 11.1. The van der Waals surface area contributed by atoms with Gasteiger partial charge in [0.15, 0.2) is 17.2 Å². The van der Waals surface area contributed by atoms with Crippen molar-refractivity contribution >= 4 is 23.3 Å². The van der Waals surface area contributed by atoms with E-state index >= 15 is 4.39 Å². The molecule has 3 fully saturated rings. The minimum Gasteiger partial charge on any atom is -0.390 e. The van der Waals surface area contributed by atoms with Gasteiger partial charge in [-0.25, -0.2) is 4.39 Å². The van der Waals surface area contributed by atoms with Crippen LogP contribution in [0.1, 0.15) is 53.4 Å². The SMILES string of the molecule is CCSCC(=O)[C@@]1(O)C(C)C[C@H]2[C@@H]3CCC4=CC(=O)C=C[C@]4(C)[C@@]3(F)C(O)C[C@@]21C. The lowest BCUT2D eigenvalue weighted by Gasteiger charge is -2.62. The Balaban J connectivity index is 1.77. The van der Waals surface area contributed by atoms with E-state index in [0.29, 0.717) is 19.3 Å². The molecule has 0 spiro atoms. The lowest BCUT2D eigenvalue weighted by atomic mass is 9.44. The van der Waals surface area contributed by atoms with Crippen LogP contribution in [0.15, 0.2) is 23.8 Å². The Morgan fingerprint density at radius 1 is 1.33 bits per heavy atom. The van der Waals surface area contributed by atoms with Crippen molar-refractivity contribution in [3.8, 4) is 0 Å². The Hall–Kier alpha value is -0.980. The van der Waals surface area contributed by atoms with Crippen LogP contribution in [0.4, 0.5) is 4.39 Å². The first-order valence-corrected chi connectivity index (χ1v) is 12.3. The molecule has 0 aromatic rings. The number of ketones is 2. The smallest absolute Gasteiger partial charge is 0.178 e. The maximum absolute atomic E-state index is 17.0. The molecule has 0 heterocycles. The van der Waals surface area contributed by atoms with Crippen LogP contribution in [0.3, 0.4) is 0 Å². The van der Waals surface area contributed by atoms with E-state index in [2.05, 4.69) is 0 Å². The molecule has 4 rings (SSSR count). The summed E-state index contributed by atoms with van der Waals surface area (Å²) in [6.45, 7) is 7.53. The van der Waals surface area contributed by atoms with Crippen LogP contribution in [-0.4, -0.2) is 50.7 Å². The van der Waals surface area contributed by atoms with Crippen molar-refractivity contribution in [2.24, 2.45) is 28.6 Å². The lowest BCUT2D eigenvalue weighted by molar-refractivity contribution is -0.218. The minimum atomic E-state index is -1.93. The lowest BCUT2D eigenvalue weighted by Crippen LogP contribution is -2.69. The zero-order chi connectivity index (χ0) is 22.1. The second-order valence-electron chi connectivity index (χ2n) is 10.2. The number of alkyl halides is 1. The zero-order valence-electron chi connectivity index (χ0n) is 18.3. The number of Topliss-reactive ketones (excluding diaryl/α,β-unsaturated/α-hetero) is 1. The predicted molar refractivity (Wildman–Crippen MR) is 116 cm³/mol. The maximum Gasteiger partial charge on any atom is 0.178 e. The third kappa shape index (κ3) is 2.53. The summed E-state index contributed by atoms with van der Waals surface area (Å²) in [5.74, 6) is -0.288. The number of carbonyl (C=O) groups is 2. The number of hydrogen-bond donors (Lipinski definition) is 2. The normalized spacial score (nSPS) is 49.8. The van der Waals surface area contributed by atoms with Crippen molar-refractivity contribution in [3.05, 3.63) is 23.8 Å². The number of aliphatic hydroxyl groups excluding tert-OH is 1. The summed E-state index contributed by atoms with van der Waals surface area (Å²) >= 11 is 1.48. The summed E-state index contributed by atoms with van der Waals surface area (Å²) in [7, 11) is 0. The first kappa shape index (κ1) is 22.2. The highest BCUT2D eigenvalue weighted by atomic mass is 32.2. The van der Waals surface area contributed by atoms with Gasteiger partial charge in [0, 0.05) is 16.7 Å². The Morgan fingerprint density at radius 3 is 2.70 bits per heavy atom. The highest BCUT2D eigenvalue weighted by molar-refractivity contribution is 7.99. The molecule has 3 saturated carbocycles. The largest absolute Gasteiger partial charge is 0.390 e. The van der Waals surface area contributed by atoms with Gasteiger partial charge in [-0.05, 0) is 62.3 Å². The summed E-state index contributed by atoms with van der Waals surface area (Å²) in [4.78, 5) is 25.1. The van der Waals surface area contributed by atoms with Crippen molar-refractivity contribution < 1.29 is 24.2 Å². The van der Waals surface area contributed by atoms with E-state index in [0.717, 1.165) is 11.3 Å². The molecule has 0 bridgehead atoms. The van der Waals surface area contributed by atoms with Crippen LogP contribution < -0.4 is 0 Å². The van der Waals surface area contributed by atoms with Gasteiger partial charge in [-0.2, -0.15) is 11.8 Å². The standard InChI is InChI=1S/C24H33FO4S/c1-5-30-13-20(28)24(29)14(2)10-18-17-7-6-15-11-16(26)8-9-21(15,3)23(17,25)19(27)12-22(18,24)4/h8-9,11,14,17-19,27,29H,5-7,10,12-13H2,1-4H3/t14?,17-,18-,19?,21-,22-,23-,24-/m0/s1. The van der Waals surface area contributed by atoms with Crippen molar-refractivity contribution in [2.45, 2.75) is 70.8 Å². The highest BCUT2D eigenvalue weighted by Crippen LogP contribution is 2.70. The van der Waals surface area contributed by atoms with Crippen molar-refractivity contribution in [1.29, 1.82) is 0 Å². The van der Waals surface area contributed by atoms with E-state index in [1.807, 2.05) is 20.8 Å². The molecule has 6 heteroatoms. The second-order valence-corrected chi connectivity index (χ2v) is 11.5. The Bertz CT molecular complexity index is 839. The van der Waals surface area contributed by atoms with Gasteiger partial charge in [0.25, 0.3) is 0 Å². The second kappa shape index (κ2) is 7.01. The van der Waals surface area contributed by atoms with Crippen LogP contribution in [0, 0.1) is 28.6 Å². The van der Waals surface area contributed by atoms with Crippen LogP contribution in [0.2, 0.25) is 0 Å². The molecule has 0 aromatic carbocycles. The molecule has 0 amide bonds. The summed E-state index contributed by atoms with van der Waals surface area (Å²) in [5.41, 5.74) is -4.66. The number of hydrogen-bond acceptors (Lipinski definition) is 5. The number of thioether (sulfide) groups is 1. The fraction of sp³-hybridized carbons (Fsp3) is 0.750. The molecule has 0 aliphatic heterocycles. The molecule has 0 aromatic heterocycles. The highest BCUT2D eigenvalue weighted by Gasteiger charge is 2.75. The summed E-state index contributed by atoms with van der Waals surface area (Å²) in [6, 6.07) is 0. The Labute approximate surface area is 182 Å². The molecular weight excluding hydrogens is 403 g/mol. The van der Waals surface area contributed by atoms with Gasteiger partial charge in [0.2, 0.25) is 0 Å². The fourth-order valence-electron chi connectivity index (χ4n) is 7.45. The fourth-order valence-corrected chi connectivity index (χ4v) is 8.05. The third-order valence-electron chi connectivity index (χ3n) is 9.08. The van der Waals surface area contributed by atoms with E-state index in [1.165, 1.54) is 23.9 Å². The predicted octanol–water partition coefficient (Wildman–Crippen LogP) is 3.66. The van der Waals surface area contributed by atoms with Gasteiger partial charge in [-0.3, -0.25) is 9.59 Å². The first-order chi connectivity index (χ1) is 14.0. The summed E-state index contributed by atoms with van der Waals surface area (Å²) in [5, 5.41) is 23.0. The average Bonchev–Trinajstić information content (AvgIpc) is 2.89. The average molecular weight is 437 g/mol. The Kier molecular flexibility index (Phi) is 5.19. The van der Waals surface area contributed by atoms with Crippen LogP contribution >= 0.6 is 11.8 Å².